The minimum Gasteiger partial charge on any atom is -0.396 e. The van der Waals surface area contributed by atoms with Gasteiger partial charge in [0, 0.05) is 26.4 Å². The van der Waals surface area contributed by atoms with Gasteiger partial charge in [-0.05, 0) is 38.5 Å². The van der Waals surface area contributed by atoms with Gasteiger partial charge in [0.25, 0.3) is 0 Å². The zero-order chi connectivity index (χ0) is 11.1. The molecule has 14 heavy (non-hydrogen) atoms. The molecule has 0 bridgehead atoms. The Morgan fingerprint density at radius 1 is 0.357 bits per heavy atom. The predicted octanol–water partition coefficient (Wildman–Crippen LogP) is 0.283. The molecule has 0 rings (SSSR count). The van der Waals surface area contributed by atoms with Crippen LogP contribution in [0.1, 0.15) is 38.5 Å². The topological polar surface area (TPSA) is 80.9 Å². The molecule has 0 saturated heterocycles. The summed E-state index contributed by atoms with van der Waals surface area (Å²) in [4.78, 5) is 0. The van der Waals surface area contributed by atoms with Crippen molar-refractivity contribution in [3.8, 4) is 0 Å². The number of aliphatic hydroxyl groups excluding tert-OH is 4. The highest BCUT2D eigenvalue weighted by molar-refractivity contribution is 4.36. The Kier molecular flexibility index (Phi) is 21.6. The highest BCUT2D eigenvalue weighted by atomic mass is 16.3. The van der Waals surface area contributed by atoms with E-state index in [1.807, 2.05) is 0 Å². The lowest BCUT2D eigenvalue weighted by Crippen LogP contribution is -1.85. The largest absolute Gasteiger partial charge is 0.396 e. The Hall–Kier alpha value is -0.160. The Morgan fingerprint density at radius 2 is 0.571 bits per heavy atom. The third-order valence-electron chi connectivity index (χ3n) is 1.63. The lowest BCUT2D eigenvalue weighted by Gasteiger charge is -1.90. The van der Waals surface area contributed by atoms with Crippen LogP contribution in [0.3, 0.4) is 0 Å². The van der Waals surface area contributed by atoms with Crippen LogP contribution < -0.4 is 0 Å². The van der Waals surface area contributed by atoms with E-state index in [1.165, 1.54) is 0 Å². The fourth-order valence-electron chi connectivity index (χ4n) is 0.801. The van der Waals surface area contributed by atoms with Crippen LogP contribution in [0.15, 0.2) is 0 Å². The van der Waals surface area contributed by atoms with Crippen molar-refractivity contribution in [1.82, 2.24) is 0 Å². The minimum atomic E-state index is 0.250. The quantitative estimate of drug-likeness (QED) is 0.432. The van der Waals surface area contributed by atoms with E-state index in [4.69, 9.17) is 20.4 Å². The maximum Gasteiger partial charge on any atom is 0.0431 e. The SMILES string of the molecule is OCCCCCO.OCCCCCO. The second-order valence-corrected chi connectivity index (χ2v) is 3.02. The van der Waals surface area contributed by atoms with Gasteiger partial charge < -0.3 is 20.4 Å². The van der Waals surface area contributed by atoms with Gasteiger partial charge in [0.15, 0.2) is 0 Å². The normalized spacial score (nSPS) is 9.43. The Balaban J connectivity index is 0. The summed E-state index contributed by atoms with van der Waals surface area (Å²) in [5.41, 5.74) is 0. The first-order chi connectivity index (χ1) is 6.83. The number of hydrogen-bond acceptors (Lipinski definition) is 4. The molecule has 0 radical (unpaired) electrons. The molecule has 0 aliphatic rings. The van der Waals surface area contributed by atoms with Crippen LogP contribution in [0.4, 0.5) is 0 Å². The van der Waals surface area contributed by atoms with Crippen molar-refractivity contribution in [2.24, 2.45) is 0 Å². The monoisotopic (exact) mass is 208 g/mol. The molecule has 0 spiro atoms. The molecule has 0 aromatic carbocycles. The summed E-state index contributed by atoms with van der Waals surface area (Å²) in [6, 6.07) is 0. The van der Waals surface area contributed by atoms with Gasteiger partial charge in [-0.3, -0.25) is 0 Å². The lowest BCUT2D eigenvalue weighted by molar-refractivity contribution is 0.256. The van der Waals surface area contributed by atoms with Crippen LogP contribution in [0.2, 0.25) is 0 Å². The molecular formula is C10H24O4. The van der Waals surface area contributed by atoms with E-state index >= 15 is 0 Å². The second-order valence-electron chi connectivity index (χ2n) is 3.02. The first-order valence-electron chi connectivity index (χ1n) is 5.26. The summed E-state index contributed by atoms with van der Waals surface area (Å²) >= 11 is 0. The molecule has 0 fully saturated rings. The van der Waals surface area contributed by atoms with Crippen molar-refractivity contribution in [2.45, 2.75) is 38.5 Å². The van der Waals surface area contributed by atoms with Gasteiger partial charge in [-0.2, -0.15) is 0 Å². The smallest absolute Gasteiger partial charge is 0.0431 e. The van der Waals surface area contributed by atoms with Gasteiger partial charge in [0.1, 0.15) is 0 Å². The molecule has 88 valence electrons. The summed E-state index contributed by atoms with van der Waals surface area (Å²) in [7, 11) is 0. The molecule has 0 aromatic rings. The fraction of sp³-hybridized carbons (Fsp3) is 1.00. The van der Waals surface area contributed by atoms with E-state index in [2.05, 4.69) is 0 Å². The molecule has 4 N–H and O–H groups in total. The van der Waals surface area contributed by atoms with E-state index in [9.17, 15) is 0 Å². The van der Waals surface area contributed by atoms with Crippen molar-refractivity contribution in [1.29, 1.82) is 0 Å². The minimum absolute atomic E-state index is 0.250. The van der Waals surface area contributed by atoms with Crippen LogP contribution in [0, 0.1) is 0 Å². The summed E-state index contributed by atoms with van der Waals surface area (Å²) in [5.74, 6) is 0. The molecule has 0 saturated carbocycles. The molecule has 0 aromatic heterocycles. The van der Waals surface area contributed by atoms with E-state index in [-0.39, 0.29) is 26.4 Å². The summed E-state index contributed by atoms with van der Waals surface area (Å²) in [5, 5.41) is 32.8. The number of aliphatic hydroxyl groups is 4. The molecule has 0 heterocycles. The maximum absolute atomic E-state index is 8.21. The molecule has 0 atom stereocenters. The molecule has 0 aliphatic carbocycles. The van der Waals surface area contributed by atoms with Crippen molar-refractivity contribution < 1.29 is 20.4 Å². The highest BCUT2D eigenvalue weighted by Crippen LogP contribution is 1.90. The third kappa shape index (κ3) is 22.6. The zero-order valence-electron chi connectivity index (χ0n) is 8.86. The lowest BCUT2D eigenvalue weighted by atomic mass is 10.2. The van der Waals surface area contributed by atoms with Crippen LogP contribution >= 0.6 is 0 Å². The first kappa shape index (κ1) is 16.3. The summed E-state index contributed by atoms with van der Waals surface area (Å²) in [6.45, 7) is 1.00. The van der Waals surface area contributed by atoms with Crippen LogP contribution in [0.25, 0.3) is 0 Å². The molecule has 4 heteroatoms. The Bertz CT molecular complexity index is 60.5. The highest BCUT2D eigenvalue weighted by Gasteiger charge is 1.82. The van der Waals surface area contributed by atoms with Gasteiger partial charge in [0.2, 0.25) is 0 Å². The molecular weight excluding hydrogens is 184 g/mol. The molecule has 0 unspecified atom stereocenters. The first-order valence-corrected chi connectivity index (χ1v) is 5.26. The van der Waals surface area contributed by atoms with Gasteiger partial charge in [-0.25, -0.2) is 0 Å². The van der Waals surface area contributed by atoms with Crippen LogP contribution in [-0.2, 0) is 0 Å². The van der Waals surface area contributed by atoms with E-state index in [0.717, 1.165) is 38.5 Å². The van der Waals surface area contributed by atoms with Crippen molar-refractivity contribution >= 4 is 0 Å². The predicted molar refractivity (Wildman–Crippen MR) is 56.0 cm³/mol. The Labute approximate surface area is 86.2 Å². The van der Waals surface area contributed by atoms with Crippen LogP contribution in [-0.4, -0.2) is 46.9 Å². The van der Waals surface area contributed by atoms with Gasteiger partial charge in [0.05, 0.1) is 0 Å². The number of hydrogen-bond donors (Lipinski definition) is 4. The van der Waals surface area contributed by atoms with E-state index in [0.29, 0.717) is 0 Å². The third-order valence-corrected chi connectivity index (χ3v) is 1.63. The summed E-state index contributed by atoms with van der Waals surface area (Å²) in [6.07, 6.45) is 5.16. The molecule has 0 aliphatic heterocycles. The Morgan fingerprint density at radius 3 is 0.714 bits per heavy atom. The standard InChI is InChI=1S/2C5H12O2/c2*6-4-2-1-3-5-7/h2*6-7H,1-5H2. The number of unbranched alkanes of at least 4 members (excludes halogenated alkanes) is 4. The van der Waals surface area contributed by atoms with Gasteiger partial charge in [-0.1, -0.05) is 0 Å². The molecule has 4 nitrogen and oxygen atoms in total. The van der Waals surface area contributed by atoms with E-state index < -0.39 is 0 Å². The van der Waals surface area contributed by atoms with Crippen LogP contribution in [0.5, 0.6) is 0 Å². The average molecular weight is 208 g/mol. The van der Waals surface area contributed by atoms with Crippen molar-refractivity contribution in [3.05, 3.63) is 0 Å². The van der Waals surface area contributed by atoms with Gasteiger partial charge in [-0.15, -0.1) is 0 Å². The van der Waals surface area contributed by atoms with Crippen molar-refractivity contribution in [3.63, 3.8) is 0 Å². The maximum atomic E-state index is 8.21. The van der Waals surface area contributed by atoms with E-state index in [1.54, 1.807) is 0 Å². The van der Waals surface area contributed by atoms with Crippen molar-refractivity contribution in [2.75, 3.05) is 26.4 Å². The zero-order valence-corrected chi connectivity index (χ0v) is 8.86. The average Bonchev–Trinajstić information content (AvgIpc) is 2.21. The van der Waals surface area contributed by atoms with Gasteiger partial charge >= 0.3 is 0 Å². The summed E-state index contributed by atoms with van der Waals surface area (Å²) < 4.78 is 0. The second kappa shape index (κ2) is 18.6. The molecule has 0 amide bonds. The number of rotatable bonds is 8. The fourth-order valence-corrected chi connectivity index (χ4v) is 0.801.